The fourth-order valence-corrected chi connectivity index (χ4v) is 2.35. The Labute approximate surface area is 144 Å². The van der Waals surface area contributed by atoms with Crippen molar-refractivity contribution in [1.82, 2.24) is 9.97 Å². The minimum absolute atomic E-state index is 0. The van der Waals surface area contributed by atoms with E-state index < -0.39 is 16.0 Å². The van der Waals surface area contributed by atoms with Crippen molar-refractivity contribution in [2.24, 2.45) is 0 Å². The van der Waals surface area contributed by atoms with Gasteiger partial charge in [-0.1, -0.05) is 0 Å². The van der Waals surface area contributed by atoms with Gasteiger partial charge in [0.25, 0.3) is 5.69 Å². The maximum absolute atomic E-state index is 11.6. The molecule has 4 N–H and O–H groups in total. The molecule has 2 heterocycles. The van der Waals surface area contributed by atoms with Crippen molar-refractivity contribution >= 4 is 22.4 Å². The summed E-state index contributed by atoms with van der Waals surface area (Å²) >= 11 is 0. The van der Waals surface area contributed by atoms with Crippen LogP contribution in [-0.4, -0.2) is 14.9 Å². The summed E-state index contributed by atoms with van der Waals surface area (Å²) in [6.07, 6.45) is 3.40. The predicted octanol–water partition coefficient (Wildman–Crippen LogP) is -2.95. The molecular formula is C14H12BrN5O4. The van der Waals surface area contributed by atoms with Gasteiger partial charge in [-0.2, -0.15) is 4.57 Å². The number of hydrogen-bond acceptors (Lipinski definition) is 5. The van der Waals surface area contributed by atoms with Gasteiger partial charge < -0.3 is 32.7 Å². The molecule has 0 fully saturated rings. The summed E-state index contributed by atoms with van der Waals surface area (Å²) in [5, 5.41) is 11.1. The largest absolute Gasteiger partial charge is 1.00 e. The monoisotopic (exact) mass is 393 g/mol. The predicted molar refractivity (Wildman–Crippen MR) is 82.0 cm³/mol. The van der Waals surface area contributed by atoms with Gasteiger partial charge >= 0.3 is 11.1 Å². The van der Waals surface area contributed by atoms with Crippen molar-refractivity contribution in [2.75, 3.05) is 5.73 Å². The van der Waals surface area contributed by atoms with E-state index in [-0.39, 0.29) is 34.7 Å². The third kappa shape index (κ3) is 3.33. The van der Waals surface area contributed by atoms with Crippen molar-refractivity contribution in [3.63, 3.8) is 0 Å². The highest BCUT2D eigenvalue weighted by Crippen LogP contribution is 2.21. The minimum atomic E-state index is -0.861. The van der Waals surface area contributed by atoms with Crippen LogP contribution in [0.15, 0.2) is 46.2 Å². The molecule has 0 bridgehead atoms. The lowest BCUT2D eigenvalue weighted by Crippen LogP contribution is -3.00. The standard InChI is InChI=1S/C14H11N5O4.BrH/c15-9-2-1-3-18(7-9)6-8-4-10(19(22)23)5-11-12(8)17-14(21)13(20)16-11;/h1-5,7H,6,15H2,(H-,16,17,20,21);1H. The second-order valence-electron chi connectivity index (χ2n) is 5.00. The van der Waals surface area contributed by atoms with Crippen LogP contribution in [0.1, 0.15) is 5.56 Å². The summed E-state index contributed by atoms with van der Waals surface area (Å²) in [5.74, 6) is 0. The third-order valence-electron chi connectivity index (χ3n) is 3.34. The normalized spacial score (nSPS) is 10.3. The number of aromatic amines is 2. The van der Waals surface area contributed by atoms with Gasteiger partial charge in [0.2, 0.25) is 0 Å². The number of pyridine rings is 1. The van der Waals surface area contributed by atoms with Gasteiger partial charge in [-0.15, -0.1) is 0 Å². The van der Waals surface area contributed by atoms with Crippen LogP contribution < -0.4 is 38.4 Å². The Hall–Kier alpha value is -3.01. The minimum Gasteiger partial charge on any atom is -1.00 e. The first-order valence-corrected chi connectivity index (χ1v) is 6.62. The van der Waals surface area contributed by atoms with Crippen LogP contribution in [0.4, 0.5) is 11.4 Å². The number of nitrogens with one attached hydrogen (secondary N) is 2. The third-order valence-corrected chi connectivity index (χ3v) is 3.34. The molecule has 0 aliphatic carbocycles. The van der Waals surface area contributed by atoms with Crippen molar-refractivity contribution in [2.45, 2.75) is 6.54 Å². The lowest BCUT2D eigenvalue weighted by atomic mass is 10.1. The summed E-state index contributed by atoms with van der Waals surface area (Å²) in [7, 11) is 0. The Balaban J connectivity index is 0.00000208. The molecular weight excluding hydrogens is 382 g/mol. The number of anilines is 1. The zero-order valence-electron chi connectivity index (χ0n) is 12.2. The van der Waals surface area contributed by atoms with Gasteiger partial charge in [0.05, 0.1) is 21.6 Å². The van der Waals surface area contributed by atoms with E-state index >= 15 is 0 Å². The van der Waals surface area contributed by atoms with Crippen LogP contribution in [0.2, 0.25) is 0 Å². The molecule has 0 aliphatic rings. The molecule has 0 amide bonds. The fraction of sp³-hybridized carbons (Fsp3) is 0.0714. The van der Waals surface area contributed by atoms with Gasteiger partial charge in [0, 0.05) is 23.8 Å². The number of halogens is 1. The molecule has 1 aromatic carbocycles. The van der Waals surface area contributed by atoms with Crippen molar-refractivity contribution in [1.29, 1.82) is 0 Å². The first-order valence-electron chi connectivity index (χ1n) is 6.62. The number of nitro groups is 1. The maximum Gasteiger partial charge on any atom is 0.314 e. The van der Waals surface area contributed by atoms with E-state index in [4.69, 9.17) is 5.73 Å². The molecule has 124 valence electrons. The number of benzene rings is 1. The summed E-state index contributed by atoms with van der Waals surface area (Å²) in [4.78, 5) is 38.3. The molecule has 0 aliphatic heterocycles. The van der Waals surface area contributed by atoms with Gasteiger partial charge in [-0.3, -0.25) is 19.7 Å². The number of non-ortho nitro benzene ring substituents is 1. The highest BCUT2D eigenvalue weighted by atomic mass is 79.9. The van der Waals surface area contributed by atoms with Crippen LogP contribution >= 0.6 is 0 Å². The summed E-state index contributed by atoms with van der Waals surface area (Å²) < 4.78 is 1.72. The lowest BCUT2D eigenvalue weighted by Gasteiger charge is -2.04. The number of nitrogens with two attached hydrogens (primary N) is 1. The quantitative estimate of drug-likeness (QED) is 0.189. The summed E-state index contributed by atoms with van der Waals surface area (Å²) in [5.41, 5.74) is 5.41. The number of nitrogens with zero attached hydrogens (tertiary/aromatic N) is 2. The Morgan fingerprint density at radius 1 is 1.21 bits per heavy atom. The zero-order valence-corrected chi connectivity index (χ0v) is 13.7. The van der Waals surface area contributed by atoms with E-state index in [9.17, 15) is 19.7 Å². The van der Waals surface area contributed by atoms with Gasteiger partial charge in [-0.25, -0.2) is 0 Å². The number of aromatic nitrogens is 3. The topological polar surface area (TPSA) is 139 Å². The molecule has 3 aromatic rings. The average Bonchev–Trinajstić information content (AvgIpc) is 2.49. The van der Waals surface area contributed by atoms with E-state index in [0.717, 1.165) is 0 Å². The highest BCUT2D eigenvalue weighted by Gasteiger charge is 2.16. The second-order valence-corrected chi connectivity index (χ2v) is 5.00. The van der Waals surface area contributed by atoms with E-state index in [1.165, 1.54) is 12.1 Å². The van der Waals surface area contributed by atoms with Crippen molar-refractivity contribution < 1.29 is 26.5 Å². The molecule has 0 saturated heterocycles. The van der Waals surface area contributed by atoms with E-state index in [1.807, 2.05) is 0 Å². The van der Waals surface area contributed by atoms with E-state index in [2.05, 4.69) is 9.97 Å². The number of fused-ring (bicyclic) bond motifs is 1. The molecule has 0 atom stereocenters. The van der Waals surface area contributed by atoms with Gasteiger partial charge in [0.1, 0.15) is 0 Å². The molecule has 0 saturated carbocycles. The number of H-pyrrole nitrogens is 2. The Bertz CT molecular complexity index is 1040. The van der Waals surface area contributed by atoms with Crippen LogP contribution in [0.5, 0.6) is 0 Å². The fourth-order valence-electron chi connectivity index (χ4n) is 2.35. The molecule has 3 rings (SSSR count). The van der Waals surface area contributed by atoms with Crippen LogP contribution in [-0.2, 0) is 6.54 Å². The van der Waals surface area contributed by atoms with Crippen LogP contribution in [0.3, 0.4) is 0 Å². The number of nitro benzene ring substituents is 1. The molecule has 10 heteroatoms. The smallest absolute Gasteiger partial charge is 0.314 e. The molecule has 24 heavy (non-hydrogen) atoms. The zero-order chi connectivity index (χ0) is 16.6. The summed E-state index contributed by atoms with van der Waals surface area (Å²) in [6.45, 7) is 0.241. The Morgan fingerprint density at radius 2 is 1.92 bits per heavy atom. The molecule has 0 spiro atoms. The number of rotatable bonds is 3. The lowest BCUT2D eigenvalue weighted by molar-refractivity contribution is -0.687. The first-order chi connectivity index (χ1) is 10.9. The van der Waals surface area contributed by atoms with E-state index in [0.29, 0.717) is 16.8 Å². The van der Waals surface area contributed by atoms with Crippen molar-refractivity contribution in [3.05, 3.63) is 73.0 Å². The Kier molecular flexibility index (Phi) is 4.79. The molecule has 0 radical (unpaired) electrons. The van der Waals surface area contributed by atoms with Gasteiger partial charge in [-0.05, 0) is 6.07 Å². The highest BCUT2D eigenvalue weighted by molar-refractivity contribution is 5.80. The van der Waals surface area contributed by atoms with Gasteiger partial charge in [0.15, 0.2) is 18.9 Å². The first kappa shape index (κ1) is 17.3. The Morgan fingerprint density at radius 3 is 2.58 bits per heavy atom. The SMILES string of the molecule is Nc1ccc[n+](Cc2cc([N+](=O)[O-])cc3[nH]c(=O)c(=O)[nH]c23)c1.[Br-]. The average molecular weight is 394 g/mol. The number of hydrogen-bond donors (Lipinski definition) is 3. The summed E-state index contributed by atoms with van der Waals surface area (Å²) in [6, 6.07) is 6.01. The molecule has 9 nitrogen and oxygen atoms in total. The maximum atomic E-state index is 11.6. The molecule has 2 aromatic heterocycles. The molecule has 0 unspecified atom stereocenters. The van der Waals surface area contributed by atoms with E-state index in [1.54, 1.807) is 29.1 Å². The van der Waals surface area contributed by atoms with Crippen LogP contribution in [0, 0.1) is 10.1 Å². The van der Waals surface area contributed by atoms with Crippen molar-refractivity contribution in [3.8, 4) is 0 Å². The number of nitrogen functional groups attached to an aromatic ring is 1. The second kappa shape index (κ2) is 6.62. The van der Waals surface area contributed by atoms with Crippen LogP contribution in [0.25, 0.3) is 11.0 Å².